The van der Waals surface area contributed by atoms with E-state index in [2.05, 4.69) is 10.3 Å². The van der Waals surface area contributed by atoms with Crippen molar-refractivity contribution in [2.24, 2.45) is 4.99 Å². The molecule has 1 aliphatic heterocycles. The van der Waals surface area contributed by atoms with E-state index in [4.69, 9.17) is 33.1 Å². The monoisotopic (exact) mass is 513 g/mol. The number of nitrogens with one attached hydrogen (secondary N) is 1. The molecular formula is C24H22Cl2F3N2O3-. The Labute approximate surface area is 205 Å². The average Bonchev–Trinajstić information content (AvgIpc) is 3.17. The van der Waals surface area contributed by atoms with Crippen LogP contribution >= 0.6 is 23.2 Å². The van der Waals surface area contributed by atoms with Crippen molar-refractivity contribution in [2.45, 2.75) is 37.9 Å². The van der Waals surface area contributed by atoms with Gasteiger partial charge in [-0.05, 0) is 60.4 Å². The predicted octanol–water partition coefficient (Wildman–Crippen LogP) is 4.52. The van der Waals surface area contributed by atoms with Gasteiger partial charge in [0.2, 0.25) is 5.91 Å². The van der Waals surface area contributed by atoms with Gasteiger partial charge in [0.05, 0.1) is 12.5 Å². The minimum atomic E-state index is -5.19. The minimum Gasteiger partial charge on any atom is -0.542 e. The summed E-state index contributed by atoms with van der Waals surface area (Å²) >= 11 is 12.0. The summed E-state index contributed by atoms with van der Waals surface area (Å²) in [5.41, 5.74) is 3.44. The van der Waals surface area contributed by atoms with E-state index in [9.17, 15) is 18.0 Å². The second-order valence-electron chi connectivity index (χ2n) is 7.60. The van der Waals surface area contributed by atoms with Gasteiger partial charge in [-0.3, -0.25) is 9.79 Å². The van der Waals surface area contributed by atoms with Gasteiger partial charge in [-0.1, -0.05) is 47.5 Å². The van der Waals surface area contributed by atoms with Crippen molar-refractivity contribution in [3.63, 3.8) is 0 Å². The summed E-state index contributed by atoms with van der Waals surface area (Å²) in [6.45, 7) is 2.56. The number of hydrogen-bond acceptors (Lipinski definition) is 4. The molecule has 1 N–H and O–H groups in total. The standard InChI is InChI=1S/C22H22Cl2N2O.C2HF3O2/c1-15-10-11-25-21(15)13-22(27)26-14-18(17-4-8-20(24)9-5-17)12-16-2-6-19(23)7-3-16;3-2(4,5)1(6)7/h2-11,18,21H,12-14H2,1H3,(H,26,27);(H,6,7)/p-1/t18-,21?;/m0./s1. The fourth-order valence-corrected chi connectivity index (χ4v) is 3.39. The molecule has 2 atom stereocenters. The third-order valence-electron chi connectivity index (χ3n) is 5.02. The number of allylic oxidation sites excluding steroid dienone is 1. The number of benzene rings is 2. The molecule has 5 nitrogen and oxygen atoms in total. The fraction of sp³-hybridized carbons (Fsp3) is 0.292. The summed E-state index contributed by atoms with van der Waals surface area (Å²) in [6.07, 6.45) is -0.286. The third kappa shape index (κ3) is 9.19. The molecule has 0 fully saturated rings. The largest absolute Gasteiger partial charge is 0.542 e. The van der Waals surface area contributed by atoms with Gasteiger partial charge < -0.3 is 15.2 Å². The molecule has 2 aromatic rings. The maximum absolute atomic E-state index is 12.4. The number of aliphatic carboxylic acids is 1. The smallest absolute Gasteiger partial charge is 0.430 e. The Morgan fingerprint density at radius 2 is 1.59 bits per heavy atom. The number of aliphatic imine (C=N–C) groups is 1. The first-order valence-corrected chi connectivity index (χ1v) is 11.0. The lowest BCUT2D eigenvalue weighted by molar-refractivity contribution is -0.344. The van der Waals surface area contributed by atoms with Crippen LogP contribution in [0.4, 0.5) is 13.2 Å². The van der Waals surface area contributed by atoms with E-state index in [1.807, 2.05) is 61.5 Å². The van der Waals surface area contributed by atoms with E-state index in [1.165, 1.54) is 5.56 Å². The Kier molecular flexibility index (Phi) is 10.1. The van der Waals surface area contributed by atoms with E-state index in [-0.39, 0.29) is 17.9 Å². The number of alkyl halides is 3. The lowest BCUT2D eigenvalue weighted by atomic mass is 9.92. The average molecular weight is 514 g/mol. The van der Waals surface area contributed by atoms with Crippen LogP contribution in [0.3, 0.4) is 0 Å². The molecule has 10 heteroatoms. The van der Waals surface area contributed by atoms with E-state index in [0.717, 1.165) is 22.6 Å². The van der Waals surface area contributed by atoms with Crippen LogP contribution in [0.2, 0.25) is 10.0 Å². The molecule has 0 spiro atoms. The Morgan fingerprint density at radius 1 is 1.06 bits per heavy atom. The molecular weight excluding hydrogens is 492 g/mol. The molecule has 1 amide bonds. The molecule has 0 aromatic heterocycles. The van der Waals surface area contributed by atoms with Crippen molar-refractivity contribution in [1.29, 1.82) is 0 Å². The third-order valence-corrected chi connectivity index (χ3v) is 5.53. The highest BCUT2D eigenvalue weighted by molar-refractivity contribution is 6.30. The lowest BCUT2D eigenvalue weighted by Crippen LogP contribution is -2.37. The summed E-state index contributed by atoms with van der Waals surface area (Å²) in [5, 5.41) is 13.3. The quantitative estimate of drug-likeness (QED) is 0.590. The van der Waals surface area contributed by atoms with Crippen molar-refractivity contribution >= 4 is 41.3 Å². The molecule has 1 aliphatic rings. The summed E-state index contributed by atoms with van der Waals surface area (Å²) in [5.74, 6) is -2.84. The van der Waals surface area contributed by atoms with Gasteiger partial charge in [0.1, 0.15) is 5.97 Å². The Hall–Kier alpha value is -2.84. The van der Waals surface area contributed by atoms with Crippen LogP contribution in [-0.4, -0.2) is 36.9 Å². The van der Waals surface area contributed by atoms with Gasteiger partial charge in [-0.25, -0.2) is 0 Å². The number of carboxylic acid groups (broad SMARTS) is 1. The van der Waals surface area contributed by atoms with Gasteiger partial charge in [-0.2, -0.15) is 13.2 Å². The van der Waals surface area contributed by atoms with Gasteiger partial charge >= 0.3 is 6.18 Å². The van der Waals surface area contributed by atoms with E-state index >= 15 is 0 Å². The summed E-state index contributed by atoms with van der Waals surface area (Å²) in [7, 11) is 0. The molecule has 3 rings (SSSR count). The van der Waals surface area contributed by atoms with E-state index < -0.39 is 12.1 Å². The molecule has 1 heterocycles. The number of halogens is 5. The molecule has 1 unspecified atom stereocenters. The van der Waals surface area contributed by atoms with Gasteiger partial charge in [-0.15, -0.1) is 0 Å². The SMILES string of the molecule is CC1=CC=NC1CC(=O)NC[C@H](Cc1ccc(Cl)cc1)c1ccc(Cl)cc1.O=C([O-])C(F)(F)F. The van der Waals surface area contributed by atoms with Crippen LogP contribution in [0, 0.1) is 0 Å². The zero-order chi connectivity index (χ0) is 25.3. The second-order valence-corrected chi connectivity index (χ2v) is 8.47. The van der Waals surface area contributed by atoms with Crippen LogP contribution < -0.4 is 10.4 Å². The van der Waals surface area contributed by atoms with Gasteiger partial charge in [0.15, 0.2) is 0 Å². The number of carbonyl (C=O) groups is 2. The number of hydrogen-bond donors (Lipinski definition) is 1. The van der Waals surface area contributed by atoms with Crippen molar-refractivity contribution in [1.82, 2.24) is 5.32 Å². The molecule has 0 aliphatic carbocycles. The highest BCUT2D eigenvalue weighted by Gasteiger charge is 2.28. The maximum Gasteiger partial charge on any atom is 0.430 e. The van der Waals surface area contributed by atoms with Crippen molar-refractivity contribution in [2.75, 3.05) is 6.54 Å². The van der Waals surface area contributed by atoms with Crippen molar-refractivity contribution in [3.05, 3.63) is 81.4 Å². The van der Waals surface area contributed by atoms with Gasteiger partial charge in [0.25, 0.3) is 0 Å². The van der Waals surface area contributed by atoms with Crippen molar-refractivity contribution < 1.29 is 27.9 Å². The van der Waals surface area contributed by atoms with Gasteiger partial charge in [0, 0.05) is 28.7 Å². The number of carboxylic acids is 1. The van der Waals surface area contributed by atoms with E-state index in [0.29, 0.717) is 18.0 Å². The Morgan fingerprint density at radius 3 is 2.06 bits per heavy atom. The highest BCUT2D eigenvalue weighted by atomic mass is 35.5. The number of amides is 1. The first-order chi connectivity index (χ1) is 16.0. The number of nitrogens with zero attached hydrogens (tertiary/aromatic N) is 1. The molecule has 0 radical (unpaired) electrons. The minimum absolute atomic E-state index is 0.0156. The molecule has 0 bridgehead atoms. The molecule has 182 valence electrons. The molecule has 34 heavy (non-hydrogen) atoms. The summed E-state index contributed by atoms with van der Waals surface area (Å²) < 4.78 is 31.5. The van der Waals surface area contributed by atoms with Crippen LogP contribution in [0.15, 0.2) is 65.2 Å². The Bertz CT molecular complexity index is 1040. The summed E-state index contributed by atoms with van der Waals surface area (Å²) in [6, 6.07) is 15.6. The maximum atomic E-state index is 12.4. The predicted molar refractivity (Wildman–Crippen MR) is 124 cm³/mol. The normalized spacial score (nSPS) is 15.7. The Balaban J connectivity index is 0.000000509. The number of rotatable bonds is 7. The zero-order valence-electron chi connectivity index (χ0n) is 18.1. The van der Waals surface area contributed by atoms with Crippen LogP contribution in [0.5, 0.6) is 0 Å². The number of carbonyl (C=O) groups excluding carboxylic acids is 2. The molecule has 2 aromatic carbocycles. The van der Waals surface area contributed by atoms with Crippen LogP contribution in [-0.2, 0) is 16.0 Å². The summed E-state index contributed by atoms with van der Waals surface area (Å²) in [4.78, 5) is 25.5. The lowest BCUT2D eigenvalue weighted by Gasteiger charge is -2.19. The topological polar surface area (TPSA) is 81.6 Å². The zero-order valence-corrected chi connectivity index (χ0v) is 19.6. The first-order valence-electron chi connectivity index (χ1n) is 10.2. The van der Waals surface area contributed by atoms with E-state index in [1.54, 1.807) is 6.21 Å². The fourth-order valence-electron chi connectivity index (χ4n) is 3.14. The second kappa shape index (κ2) is 12.6. The van der Waals surface area contributed by atoms with Crippen LogP contribution in [0.1, 0.15) is 30.4 Å². The first kappa shape index (κ1) is 27.4. The molecule has 0 saturated heterocycles. The van der Waals surface area contributed by atoms with Crippen LogP contribution in [0.25, 0.3) is 0 Å². The molecule has 0 saturated carbocycles. The highest BCUT2D eigenvalue weighted by Crippen LogP contribution is 2.23. The van der Waals surface area contributed by atoms with Crippen molar-refractivity contribution in [3.8, 4) is 0 Å².